The van der Waals surface area contributed by atoms with Crippen LogP contribution in [0, 0.1) is 6.92 Å². The Morgan fingerprint density at radius 3 is 2.95 bits per heavy atom. The minimum absolute atomic E-state index is 0.155. The number of rotatable bonds is 4. The number of piperidine rings is 1. The highest BCUT2D eigenvalue weighted by atomic mass is 16.3. The molecular formula is C16H24N2O. The molecule has 3 N–H and O–H groups in total. The van der Waals surface area contributed by atoms with Gasteiger partial charge in [-0.25, -0.2) is 0 Å². The van der Waals surface area contributed by atoms with Gasteiger partial charge in [-0.3, -0.25) is 0 Å². The maximum Gasteiger partial charge on any atom is 0.0667 e. The molecule has 3 nitrogen and oxygen atoms in total. The van der Waals surface area contributed by atoms with Crippen LogP contribution in [0.1, 0.15) is 30.4 Å². The first-order chi connectivity index (χ1) is 9.20. The van der Waals surface area contributed by atoms with Crippen LogP contribution in [0.15, 0.2) is 30.5 Å². The number of β-amino-alcohol motifs (C(OH)–C–C–N with tert-alkyl or cyclic N) is 1. The van der Waals surface area contributed by atoms with Crippen LogP contribution in [-0.4, -0.2) is 35.7 Å². The molecule has 1 aromatic rings. The predicted octanol–water partition coefficient (Wildman–Crippen LogP) is 2.14. The Morgan fingerprint density at radius 2 is 2.26 bits per heavy atom. The molecule has 1 aliphatic heterocycles. The maximum atomic E-state index is 9.68. The Balaban J connectivity index is 1.95. The van der Waals surface area contributed by atoms with Gasteiger partial charge in [0.2, 0.25) is 0 Å². The number of hydrogen-bond donors (Lipinski definition) is 2. The number of likely N-dealkylation sites (tertiary alicyclic amines) is 1. The third-order valence-corrected chi connectivity index (χ3v) is 3.87. The molecule has 19 heavy (non-hydrogen) atoms. The van der Waals surface area contributed by atoms with E-state index in [1.807, 2.05) is 6.07 Å². The van der Waals surface area contributed by atoms with Gasteiger partial charge in [0.25, 0.3) is 0 Å². The van der Waals surface area contributed by atoms with Crippen LogP contribution in [0.25, 0.3) is 5.57 Å². The number of aliphatic hydroxyl groups excluding tert-OH is 1. The number of aliphatic hydroxyl groups is 1. The molecule has 0 spiro atoms. The largest absolute Gasteiger partial charge is 0.404 e. The van der Waals surface area contributed by atoms with E-state index in [2.05, 4.69) is 30.0 Å². The van der Waals surface area contributed by atoms with Crippen molar-refractivity contribution in [3.05, 3.63) is 41.6 Å². The van der Waals surface area contributed by atoms with Gasteiger partial charge in [0.1, 0.15) is 0 Å². The smallest absolute Gasteiger partial charge is 0.0667 e. The zero-order valence-corrected chi connectivity index (χ0v) is 11.7. The molecule has 0 amide bonds. The standard InChI is InChI=1S/C16H24N2O/c1-13-5-2-3-7-16(13)14(11-17)8-10-18-9-4-6-15(19)12-18/h2-3,5,7,11,15,19H,4,6,8-10,12,17H2,1H3/b14-11-. The van der Waals surface area contributed by atoms with E-state index in [-0.39, 0.29) is 6.10 Å². The van der Waals surface area contributed by atoms with Crippen LogP contribution in [0.4, 0.5) is 0 Å². The highest BCUT2D eigenvalue weighted by Gasteiger charge is 2.17. The van der Waals surface area contributed by atoms with Gasteiger partial charge in [0, 0.05) is 13.1 Å². The first kappa shape index (κ1) is 14.1. The first-order valence-electron chi connectivity index (χ1n) is 7.08. The molecule has 0 aliphatic carbocycles. The van der Waals surface area contributed by atoms with Gasteiger partial charge in [0.05, 0.1) is 6.10 Å². The summed E-state index contributed by atoms with van der Waals surface area (Å²) in [7, 11) is 0. The van der Waals surface area contributed by atoms with Gasteiger partial charge in [-0.05, 0) is 55.6 Å². The Hall–Kier alpha value is -1.32. The highest BCUT2D eigenvalue weighted by molar-refractivity contribution is 5.67. The molecule has 0 bridgehead atoms. The molecule has 1 aliphatic rings. The number of hydrogen-bond acceptors (Lipinski definition) is 3. The van der Waals surface area contributed by atoms with Gasteiger partial charge < -0.3 is 15.7 Å². The molecule has 3 heteroatoms. The Bertz CT molecular complexity index is 442. The summed E-state index contributed by atoms with van der Waals surface area (Å²) in [6.45, 7) is 4.96. The molecular weight excluding hydrogens is 236 g/mol. The van der Waals surface area contributed by atoms with E-state index in [0.29, 0.717) is 0 Å². The average molecular weight is 260 g/mol. The monoisotopic (exact) mass is 260 g/mol. The van der Waals surface area contributed by atoms with Crippen LogP contribution in [-0.2, 0) is 0 Å². The zero-order chi connectivity index (χ0) is 13.7. The molecule has 104 valence electrons. The molecule has 0 aromatic heterocycles. The summed E-state index contributed by atoms with van der Waals surface area (Å²) in [5.41, 5.74) is 9.48. The summed E-state index contributed by atoms with van der Waals surface area (Å²) in [5, 5.41) is 9.68. The van der Waals surface area contributed by atoms with Crippen LogP contribution >= 0.6 is 0 Å². The quantitative estimate of drug-likeness (QED) is 0.872. The highest BCUT2D eigenvalue weighted by Crippen LogP contribution is 2.22. The minimum Gasteiger partial charge on any atom is -0.404 e. The second kappa shape index (κ2) is 6.73. The Kier molecular flexibility index (Phi) is 5.00. The van der Waals surface area contributed by atoms with Crippen LogP contribution in [0.3, 0.4) is 0 Å². The number of nitrogens with zero attached hydrogens (tertiary/aromatic N) is 1. The lowest BCUT2D eigenvalue weighted by Crippen LogP contribution is -2.38. The predicted molar refractivity (Wildman–Crippen MR) is 79.6 cm³/mol. The van der Waals surface area contributed by atoms with Gasteiger partial charge in [-0.2, -0.15) is 0 Å². The summed E-state index contributed by atoms with van der Waals surface area (Å²) < 4.78 is 0. The summed E-state index contributed by atoms with van der Waals surface area (Å²) in [5.74, 6) is 0. The molecule has 2 rings (SSSR count). The average Bonchev–Trinajstić information content (AvgIpc) is 2.41. The van der Waals surface area contributed by atoms with E-state index in [9.17, 15) is 5.11 Å². The number of nitrogens with two attached hydrogens (primary N) is 1. The topological polar surface area (TPSA) is 49.5 Å². The van der Waals surface area contributed by atoms with E-state index in [0.717, 1.165) is 38.9 Å². The number of benzene rings is 1. The van der Waals surface area contributed by atoms with Crippen molar-refractivity contribution >= 4 is 5.57 Å². The van der Waals surface area contributed by atoms with Gasteiger partial charge >= 0.3 is 0 Å². The van der Waals surface area contributed by atoms with Crippen LogP contribution in [0.2, 0.25) is 0 Å². The van der Waals surface area contributed by atoms with Gasteiger partial charge in [-0.1, -0.05) is 24.3 Å². The van der Waals surface area contributed by atoms with Crippen molar-refractivity contribution < 1.29 is 5.11 Å². The molecule has 1 fully saturated rings. The van der Waals surface area contributed by atoms with E-state index in [4.69, 9.17) is 5.73 Å². The second-order valence-corrected chi connectivity index (χ2v) is 5.35. The lowest BCUT2D eigenvalue weighted by atomic mass is 9.98. The molecule has 1 saturated heterocycles. The summed E-state index contributed by atoms with van der Waals surface area (Å²) in [6, 6.07) is 8.34. The van der Waals surface area contributed by atoms with Crippen molar-refractivity contribution in [2.24, 2.45) is 5.73 Å². The van der Waals surface area contributed by atoms with Crippen molar-refractivity contribution in [1.29, 1.82) is 0 Å². The molecule has 0 radical (unpaired) electrons. The fourth-order valence-corrected chi connectivity index (χ4v) is 2.75. The Labute approximate surface area is 115 Å². The molecule has 1 aromatic carbocycles. The molecule has 1 unspecified atom stereocenters. The Morgan fingerprint density at radius 1 is 1.47 bits per heavy atom. The third kappa shape index (κ3) is 3.82. The van der Waals surface area contributed by atoms with Gasteiger partial charge in [-0.15, -0.1) is 0 Å². The van der Waals surface area contributed by atoms with Crippen molar-refractivity contribution in [2.75, 3.05) is 19.6 Å². The van der Waals surface area contributed by atoms with Crippen molar-refractivity contribution in [3.8, 4) is 0 Å². The number of aryl methyl sites for hydroxylation is 1. The van der Waals surface area contributed by atoms with Crippen molar-refractivity contribution in [2.45, 2.75) is 32.3 Å². The lowest BCUT2D eigenvalue weighted by Gasteiger charge is -2.30. The van der Waals surface area contributed by atoms with Crippen LogP contribution in [0.5, 0.6) is 0 Å². The summed E-state index contributed by atoms with van der Waals surface area (Å²) in [4.78, 5) is 2.33. The second-order valence-electron chi connectivity index (χ2n) is 5.35. The fraction of sp³-hybridized carbons (Fsp3) is 0.500. The van der Waals surface area contributed by atoms with E-state index in [1.54, 1.807) is 6.20 Å². The summed E-state index contributed by atoms with van der Waals surface area (Å²) in [6.07, 6.45) is 4.54. The first-order valence-corrected chi connectivity index (χ1v) is 7.08. The van der Waals surface area contributed by atoms with E-state index >= 15 is 0 Å². The van der Waals surface area contributed by atoms with Gasteiger partial charge in [0.15, 0.2) is 0 Å². The van der Waals surface area contributed by atoms with E-state index in [1.165, 1.54) is 16.7 Å². The van der Waals surface area contributed by atoms with Crippen molar-refractivity contribution in [3.63, 3.8) is 0 Å². The lowest BCUT2D eigenvalue weighted by molar-refractivity contribution is 0.0720. The van der Waals surface area contributed by atoms with Crippen LogP contribution < -0.4 is 5.73 Å². The SMILES string of the molecule is Cc1ccccc1/C(=C\N)CCN1CCCC(O)C1. The zero-order valence-electron chi connectivity index (χ0n) is 11.7. The maximum absolute atomic E-state index is 9.68. The molecule has 1 heterocycles. The van der Waals surface area contributed by atoms with Crippen molar-refractivity contribution in [1.82, 2.24) is 4.90 Å². The fourth-order valence-electron chi connectivity index (χ4n) is 2.75. The third-order valence-electron chi connectivity index (χ3n) is 3.87. The minimum atomic E-state index is -0.155. The summed E-state index contributed by atoms with van der Waals surface area (Å²) >= 11 is 0. The normalized spacial score (nSPS) is 21.6. The molecule has 0 saturated carbocycles. The molecule has 1 atom stereocenters. The van der Waals surface area contributed by atoms with E-state index < -0.39 is 0 Å².